The number of rotatable bonds is 7. The zero-order valence-corrected chi connectivity index (χ0v) is 12.6. The fraction of sp³-hybridized carbons (Fsp3) is 0.429. The van der Waals surface area contributed by atoms with Crippen molar-refractivity contribution in [2.24, 2.45) is 5.73 Å². The maximum absolute atomic E-state index is 5.50. The molecule has 2 N–H and O–H groups in total. The summed E-state index contributed by atoms with van der Waals surface area (Å²) in [6.07, 6.45) is 9.17. The first-order valence-corrected chi connectivity index (χ1v) is 8.01. The summed E-state index contributed by atoms with van der Waals surface area (Å²) in [7, 11) is 0. The predicted octanol–water partition coefficient (Wildman–Crippen LogP) is 2.31. The van der Waals surface area contributed by atoms with Gasteiger partial charge in [0.25, 0.3) is 0 Å². The Bertz CT molecular complexity index is 690. The van der Waals surface area contributed by atoms with Crippen LogP contribution in [-0.2, 0) is 6.42 Å². The molecule has 110 valence electrons. The quantitative estimate of drug-likeness (QED) is 0.677. The third-order valence-corrected chi connectivity index (χ3v) is 4.26. The summed E-state index contributed by atoms with van der Waals surface area (Å²) in [6.45, 7) is 0.783. The summed E-state index contributed by atoms with van der Waals surface area (Å²) in [6, 6.07) is 3.86. The Kier molecular flexibility index (Phi) is 4.52. The van der Waals surface area contributed by atoms with Crippen LogP contribution in [0.25, 0.3) is 16.3 Å². The van der Waals surface area contributed by atoms with E-state index in [0.29, 0.717) is 0 Å². The van der Waals surface area contributed by atoms with Crippen LogP contribution in [0.1, 0.15) is 30.7 Å². The molecule has 0 fully saturated rings. The summed E-state index contributed by atoms with van der Waals surface area (Å²) < 4.78 is 1.82. The third kappa shape index (κ3) is 3.25. The van der Waals surface area contributed by atoms with E-state index >= 15 is 0 Å². The summed E-state index contributed by atoms with van der Waals surface area (Å²) in [5.74, 6) is 0.753. The summed E-state index contributed by atoms with van der Waals surface area (Å²) in [5, 5.41) is 14.1. The molecule has 0 saturated heterocycles. The highest BCUT2D eigenvalue weighted by atomic mass is 32.1. The minimum atomic E-state index is 0.753. The molecular formula is C14H18N6S. The Morgan fingerprint density at radius 1 is 1.14 bits per heavy atom. The lowest BCUT2D eigenvalue weighted by molar-refractivity contribution is 0.642. The van der Waals surface area contributed by atoms with Crippen molar-refractivity contribution < 1.29 is 0 Å². The zero-order chi connectivity index (χ0) is 14.5. The van der Waals surface area contributed by atoms with Crippen LogP contribution in [0.3, 0.4) is 0 Å². The van der Waals surface area contributed by atoms with Gasteiger partial charge in [-0.3, -0.25) is 4.98 Å². The molecule has 0 bridgehead atoms. The lowest BCUT2D eigenvalue weighted by atomic mass is 10.1. The number of nitrogens with zero attached hydrogens (tertiary/aromatic N) is 5. The van der Waals surface area contributed by atoms with Gasteiger partial charge in [0.1, 0.15) is 5.01 Å². The van der Waals surface area contributed by atoms with Crippen molar-refractivity contribution in [3.63, 3.8) is 0 Å². The molecule has 0 aliphatic carbocycles. The van der Waals surface area contributed by atoms with E-state index in [2.05, 4.69) is 20.3 Å². The zero-order valence-electron chi connectivity index (χ0n) is 11.8. The molecule has 0 spiro atoms. The van der Waals surface area contributed by atoms with E-state index < -0.39 is 0 Å². The van der Waals surface area contributed by atoms with Gasteiger partial charge < -0.3 is 5.73 Å². The Balaban J connectivity index is 1.71. The lowest BCUT2D eigenvalue weighted by Crippen LogP contribution is -1.98. The molecule has 0 aliphatic rings. The monoisotopic (exact) mass is 302 g/mol. The Morgan fingerprint density at radius 3 is 2.86 bits per heavy atom. The van der Waals surface area contributed by atoms with Gasteiger partial charge in [-0.2, -0.15) is 9.61 Å². The minimum absolute atomic E-state index is 0.753. The molecule has 3 rings (SSSR count). The largest absolute Gasteiger partial charge is 0.330 e. The number of unbranched alkanes of at least 4 members (excludes halogenated alkanes) is 3. The highest BCUT2D eigenvalue weighted by Gasteiger charge is 2.13. The number of hydrogen-bond donors (Lipinski definition) is 1. The van der Waals surface area contributed by atoms with Gasteiger partial charge in [0, 0.05) is 24.4 Å². The highest BCUT2D eigenvalue weighted by Crippen LogP contribution is 2.21. The molecule has 0 amide bonds. The number of hydrogen-bond acceptors (Lipinski definition) is 6. The Morgan fingerprint density at radius 2 is 2.05 bits per heavy atom. The predicted molar refractivity (Wildman–Crippen MR) is 83.1 cm³/mol. The highest BCUT2D eigenvalue weighted by molar-refractivity contribution is 7.16. The molecule has 6 nitrogen and oxygen atoms in total. The van der Waals surface area contributed by atoms with Crippen LogP contribution in [0.5, 0.6) is 0 Å². The van der Waals surface area contributed by atoms with Gasteiger partial charge >= 0.3 is 0 Å². The van der Waals surface area contributed by atoms with Gasteiger partial charge in [-0.05, 0) is 31.5 Å². The number of fused-ring (bicyclic) bond motifs is 1. The second-order valence-electron chi connectivity index (χ2n) is 4.91. The molecule has 3 heterocycles. The minimum Gasteiger partial charge on any atom is -0.330 e. The van der Waals surface area contributed by atoms with E-state index in [1.807, 2.05) is 16.6 Å². The van der Waals surface area contributed by atoms with Gasteiger partial charge in [0.05, 0.1) is 0 Å². The van der Waals surface area contributed by atoms with Crippen LogP contribution in [-0.4, -0.2) is 31.3 Å². The van der Waals surface area contributed by atoms with Crippen LogP contribution in [0.2, 0.25) is 0 Å². The number of aromatic nitrogens is 5. The van der Waals surface area contributed by atoms with Gasteiger partial charge in [-0.15, -0.1) is 10.2 Å². The van der Waals surface area contributed by atoms with Crippen LogP contribution in [0, 0.1) is 0 Å². The topological polar surface area (TPSA) is 82.0 Å². The second kappa shape index (κ2) is 6.73. The molecule has 21 heavy (non-hydrogen) atoms. The van der Waals surface area contributed by atoms with E-state index in [9.17, 15) is 0 Å². The molecule has 3 aromatic heterocycles. The Labute approximate surface area is 127 Å². The number of pyridine rings is 1. The van der Waals surface area contributed by atoms with Crippen molar-refractivity contribution >= 4 is 16.3 Å². The van der Waals surface area contributed by atoms with Gasteiger partial charge in [-0.25, -0.2) is 0 Å². The maximum Gasteiger partial charge on any atom is 0.234 e. The maximum atomic E-state index is 5.50. The smallest absolute Gasteiger partial charge is 0.234 e. The first kappa shape index (κ1) is 14.1. The molecule has 0 aromatic carbocycles. The SMILES string of the molecule is NCCCCCCc1nn2c(-c3cccnc3)nnc2s1. The van der Waals surface area contributed by atoms with Gasteiger partial charge in [-0.1, -0.05) is 24.2 Å². The molecule has 0 saturated carbocycles. The van der Waals surface area contributed by atoms with Crippen LogP contribution < -0.4 is 5.73 Å². The second-order valence-corrected chi connectivity index (χ2v) is 5.95. The standard InChI is InChI=1S/C14H18N6S/c15-8-4-2-1-3-7-12-19-20-13(17-18-14(20)21-12)11-6-5-9-16-10-11/h5-6,9-10H,1-4,7-8,15H2. The van der Waals surface area contributed by atoms with E-state index in [-0.39, 0.29) is 0 Å². The molecule has 0 atom stereocenters. The van der Waals surface area contributed by atoms with Crippen molar-refractivity contribution in [1.82, 2.24) is 24.8 Å². The number of nitrogens with two attached hydrogens (primary N) is 1. The molecule has 7 heteroatoms. The molecule has 0 aliphatic heterocycles. The van der Waals surface area contributed by atoms with Crippen LogP contribution in [0.15, 0.2) is 24.5 Å². The Hall–Kier alpha value is -1.86. The van der Waals surface area contributed by atoms with E-state index in [1.165, 1.54) is 12.8 Å². The fourth-order valence-corrected chi connectivity index (χ4v) is 3.08. The number of aryl methyl sites for hydroxylation is 1. The van der Waals surface area contributed by atoms with Crippen molar-refractivity contribution in [3.05, 3.63) is 29.5 Å². The van der Waals surface area contributed by atoms with E-state index in [4.69, 9.17) is 5.73 Å². The fourth-order valence-electron chi connectivity index (χ4n) is 2.21. The molecule has 0 radical (unpaired) electrons. The van der Waals surface area contributed by atoms with Crippen molar-refractivity contribution in [3.8, 4) is 11.4 Å². The third-order valence-electron chi connectivity index (χ3n) is 3.30. The van der Waals surface area contributed by atoms with Crippen molar-refractivity contribution in [2.75, 3.05) is 6.54 Å². The van der Waals surface area contributed by atoms with E-state index in [0.717, 1.165) is 47.2 Å². The van der Waals surface area contributed by atoms with Crippen LogP contribution >= 0.6 is 11.3 Å². The normalized spacial score (nSPS) is 11.3. The van der Waals surface area contributed by atoms with Crippen molar-refractivity contribution in [1.29, 1.82) is 0 Å². The average molecular weight is 302 g/mol. The lowest BCUT2D eigenvalue weighted by Gasteiger charge is -1.97. The molecule has 0 unspecified atom stereocenters. The van der Waals surface area contributed by atoms with Gasteiger partial charge in [0.15, 0.2) is 5.82 Å². The summed E-state index contributed by atoms with van der Waals surface area (Å²) >= 11 is 1.61. The first-order chi connectivity index (χ1) is 10.4. The van der Waals surface area contributed by atoms with Crippen molar-refractivity contribution in [2.45, 2.75) is 32.1 Å². The summed E-state index contributed by atoms with van der Waals surface area (Å²) in [4.78, 5) is 4.96. The molecular weight excluding hydrogens is 284 g/mol. The summed E-state index contributed by atoms with van der Waals surface area (Å²) in [5.41, 5.74) is 6.43. The van der Waals surface area contributed by atoms with E-state index in [1.54, 1.807) is 23.7 Å². The van der Waals surface area contributed by atoms with Gasteiger partial charge in [0.2, 0.25) is 4.96 Å². The van der Waals surface area contributed by atoms with Crippen LogP contribution in [0.4, 0.5) is 0 Å². The molecule has 3 aromatic rings. The average Bonchev–Trinajstić information content (AvgIpc) is 3.08. The first-order valence-electron chi connectivity index (χ1n) is 7.20.